The highest BCUT2D eigenvalue weighted by molar-refractivity contribution is 8.18. The minimum atomic E-state index is -0.434. The predicted octanol–water partition coefficient (Wildman–Crippen LogP) is 1.88. The smallest absolute Gasteiger partial charge is 0.294 e. The minimum Gasteiger partial charge on any atom is -0.385 e. The summed E-state index contributed by atoms with van der Waals surface area (Å²) < 4.78 is 4.88. The van der Waals surface area contributed by atoms with Crippen molar-refractivity contribution in [2.75, 3.05) is 26.8 Å². The van der Waals surface area contributed by atoms with Crippen molar-refractivity contribution in [2.45, 2.75) is 6.42 Å². The molecule has 1 heterocycles. The van der Waals surface area contributed by atoms with Gasteiger partial charge in [-0.05, 0) is 29.8 Å². The van der Waals surface area contributed by atoms with Gasteiger partial charge in [0.05, 0.1) is 4.91 Å². The van der Waals surface area contributed by atoms with Crippen LogP contribution in [0.3, 0.4) is 0 Å². The van der Waals surface area contributed by atoms with E-state index >= 15 is 0 Å². The minimum absolute atomic E-state index is 0.260. The van der Waals surface area contributed by atoms with Crippen molar-refractivity contribution >= 4 is 34.9 Å². The first-order valence-corrected chi connectivity index (χ1v) is 7.99. The van der Waals surface area contributed by atoms with Crippen LogP contribution in [0.1, 0.15) is 12.0 Å². The lowest BCUT2D eigenvalue weighted by molar-refractivity contribution is -0.129. The van der Waals surface area contributed by atoms with E-state index in [-0.39, 0.29) is 12.5 Å². The summed E-state index contributed by atoms with van der Waals surface area (Å²) in [6, 6.07) is 9.26. The van der Waals surface area contributed by atoms with Gasteiger partial charge in [0.2, 0.25) is 5.91 Å². The van der Waals surface area contributed by atoms with Gasteiger partial charge in [-0.25, -0.2) is 0 Å². The van der Waals surface area contributed by atoms with Crippen LogP contribution in [-0.2, 0) is 14.3 Å². The van der Waals surface area contributed by atoms with Gasteiger partial charge < -0.3 is 10.1 Å². The van der Waals surface area contributed by atoms with E-state index in [1.165, 1.54) is 0 Å². The van der Waals surface area contributed by atoms with Gasteiger partial charge in [0, 0.05) is 20.3 Å². The summed E-state index contributed by atoms with van der Waals surface area (Å²) in [5, 5.41) is 2.23. The van der Waals surface area contributed by atoms with E-state index in [1.54, 1.807) is 13.2 Å². The predicted molar refractivity (Wildman–Crippen MR) is 88.6 cm³/mol. The molecule has 0 aliphatic carbocycles. The number of methoxy groups -OCH3 is 1. The van der Waals surface area contributed by atoms with Crippen LogP contribution in [0.25, 0.3) is 6.08 Å². The molecule has 0 aromatic heterocycles. The van der Waals surface area contributed by atoms with Crippen LogP contribution in [0, 0.1) is 0 Å². The van der Waals surface area contributed by atoms with Gasteiger partial charge in [-0.15, -0.1) is 0 Å². The Balaban J connectivity index is 1.94. The van der Waals surface area contributed by atoms with Crippen molar-refractivity contribution in [1.29, 1.82) is 0 Å². The third kappa shape index (κ3) is 4.94. The van der Waals surface area contributed by atoms with Crippen LogP contribution in [0.15, 0.2) is 35.2 Å². The summed E-state index contributed by atoms with van der Waals surface area (Å²) in [7, 11) is 1.58. The number of ether oxygens (including phenoxy) is 1. The molecule has 0 spiro atoms. The number of carbonyl (C=O) groups is 3. The largest absolute Gasteiger partial charge is 0.385 e. The molecule has 2 rings (SSSR count). The van der Waals surface area contributed by atoms with E-state index < -0.39 is 11.1 Å². The Kier molecular flexibility index (Phi) is 6.37. The fourth-order valence-electron chi connectivity index (χ4n) is 1.98. The van der Waals surface area contributed by atoms with Crippen LogP contribution in [-0.4, -0.2) is 48.8 Å². The Morgan fingerprint density at radius 3 is 2.74 bits per heavy atom. The Labute approximate surface area is 138 Å². The molecule has 0 atom stereocenters. The molecule has 122 valence electrons. The summed E-state index contributed by atoms with van der Waals surface area (Å²) in [6.45, 7) is 0.730. The SMILES string of the molecule is COCCCNC(=O)CN1C(=O)S/C(=C\c2ccccc2)C1=O. The highest BCUT2D eigenvalue weighted by atomic mass is 32.2. The molecule has 1 aliphatic rings. The van der Waals surface area contributed by atoms with E-state index in [0.717, 1.165) is 22.2 Å². The zero-order valence-electron chi connectivity index (χ0n) is 12.8. The van der Waals surface area contributed by atoms with Crippen LogP contribution >= 0.6 is 11.8 Å². The summed E-state index contributed by atoms with van der Waals surface area (Å²) >= 11 is 0.849. The molecule has 1 aliphatic heterocycles. The van der Waals surface area contributed by atoms with E-state index in [2.05, 4.69) is 5.32 Å². The number of imide groups is 1. The molecule has 6 nitrogen and oxygen atoms in total. The number of hydrogen-bond acceptors (Lipinski definition) is 5. The van der Waals surface area contributed by atoms with Gasteiger partial charge in [-0.1, -0.05) is 30.3 Å². The molecule has 0 radical (unpaired) electrons. The summed E-state index contributed by atoms with van der Waals surface area (Å²) in [6.07, 6.45) is 2.33. The van der Waals surface area contributed by atoms with Crippen LogP contribution in [0.5, 0.6) is 0 Å². The molecule has 0 unspecified atom stereocenters. The average molecular weight is 334 g/mol. The van der Waals surface area contributed by atoms with Crippen LogP contribution in [0.4, 0.5) is 4.79 Å². The number of nitrogens with zero attached hydrogens (tertiary/aromatic N) is 1. The number of nitrogens with one attached hydrogen (secondary N) is 1. The Bertz CT molecular complexity index is 616. The monoisotopic (exact) mass is 334 g/mol. The van der Waals surface area contributed by atoms with Gasteiger partial charge in [0.25, 0.3) is 11.1 Å². The van der Waals surface area contributed by atoms with Gasteiger partial charge >= 0.3 is 0 Å². The van der Waals surface area contributed by atoms with Gasteiger partial charge in [0.1, 0.15) is 6.54 Å². The second-order valence-electron chi connectivity index (χ2n) is 4.87. The maximum atomic E-state index is 12.2. The van der Waals surface area contributed by atoms with Gasteiger partial charge in [-0.2, -0.15) is 0 Å². The highest BCUT2D eigenvalue weighted by Gasteiger charge is 2.36. The zero-order valence-corrected chi connectivity index (χ0v) is 13.6. The molecule has 1 aromatic rings. The van der Waals surface area contributed by atoms with E-state index in [4.69, 9.17) is 4.74 Å². The molecule has 3 amide bonds. The standard InChI is InChI=1S/C16H18N2O4S/c1-22-9-5-8-17-14(19)11-18-15(20)13(23-16(18)21)10-12-6-3-2-4-7-12/h2-4,6-7,10H,5,8-9,11H2,1H3,(H,17,19)/b13-10-. The molecular weight excluding hydrogens is 316 g/mol. The number of benzene rings is 1. The normalized spacial score (nSPS) is 16.2. The van der Waals surface area contributed by atoms with Gasteiger partial charge in [0.15, 0.2) is 0 Å². The van der Waals surface area contributed by atoms with Crippen molar-refractivity contribution in [3.05, 3.63) is 40.8 Å². The topological polar surface area (TPSA) is 75.7 Å². The molecule has 1 fully saturated rings. The number of carbonyl (C=O) groups excluding carboxylic acids is 3. The number of amides is 3. The maximum absolute atomic E-state index is 12.2. The van der Waals surface area contributed by atoms with Crippen LogP contribution < -0.4 is 5.32 Å². The van der Waals surface area contributed by atoms with Crippen molar-refractivity contribution in [2.24, 2.45) is 0 Å². The molecule has 0 saturated carbocycles. The lowest BCUT2D eigenvalue weighted by atomic mass is 10.2. The third-order valence-corrected chi connectivity index (χ3v) is 4.03. The van der Waals surface area contributed by atoms with Gasteiger partial charge in [-0.3, -0.25) is 19.3 Å². The number of hydrogen-bond donors (Lipinski definition) is 1. The summed E-state index contributed by atoms with van der Waals surface area (Å²) in [4.78, 5) is 37.3. The average Bonchev–Trinajstić information content (AvgIpc) is 2.80. The molecule has 23 heavy (non-hydrogen) atoms. The van der Waals surface area contributed by atoms with E-state index in [0.29, 0.717) is 24.5 Å². The fraction of sp³-hybridized carbons (Fsp3) is 0.312. The number of thioether (sulfide) groups is 1. The first-order chi connectivity index (χ1) is 11.1. The second kappa shape index (κ2) is 8.50. The maximum Gasteiger partial charge on any atom is 0.294 e. The molecular formula is C16H18N2O4S. The lowest BCUT2D eigenvalue weighted by Crippen LogP contribution is -2.39. The van der Waals surface area contributed by atoms with E-state index in [1.807, 2.05) is 30.3 Å². The Morgan fingerprint density at radius 2 is 2.04 bits per heavy atom. The Hall–Kier alpha value is -2.12. The van der Waals surface area contributed by atoms with Crippen molar-refractivity contribution in [3.8, 4) is 0 Å². The van der Waals surface area contributed by atoms with E-state index in [9.17, 15) is 14.4 Å². The molecule has 1 saturated heterocycles. The summed E-state index contributed by atoms with van der Waals surface area (Å²) in [5.74, 6) is -0.791. The summed E-state index contributed by atoms with van der Waals surface area (Å²) in [5.41, 5.74) is 0.835. The van der Waals surface area contributed by atoms with Crippen molar-refractivity contribution in [1.82, 2.24) is 10.2 Å². The first-order valence-electron chi connectivity index (χ1n) is 7.18. The van der Waals surface area contributed by atoms with Crippen molar-refractivity contribution in [3.63, 3.8) is 0 Å². The third-order valence-electron chi connectivity index (χ3n) is 3.12. The van der Waals surface area contributed by atoms with Crippen LogP contribution in [0.2, 0.25) is 0 Å². The molecule has 0 bridgehead atoms. The fourth-order valence-corrected chi connectivity index (χ4v) is 2.82. The lowest BCUT2D eigenvalue weighted by Gasteiger charge is -2.12. The quantitative estimate of drug-likeness (QED) is 0.609. The first kappa shape index (κ1) is 17.2. The molecule has 1 aromatic carbocycles. The Morgan fingerprint density at radius 1 is 1.30 bits per heavy atom. The zero-order chi connectivity index (χ0) is 16.7. The second-order valence-corrected chi connectivity index (χ2v) is 5.87. The highest BCUT2D eigenvalue weighted by Crippen LogP contribution is 2.31. The molecule has 7 heteroatoms. The van der Waals surface area contributed by atoms with Crippen molar-refractivity contribution < 1.29 is 19.1 Å². The number of rotatable bonds is 7. The molecule has 1 N–H and O–H groups in total.